The molecule has 1 heterocycles. The van der Waals surface area contributed by atoms with Crippen LogP contribution in [0.2, 0.25) is 5.02 Å². The average molecular weight is 460 g/mol. The number of benzene rings is 3. The maximum absolute atomic E-state index is 12.7. The van der Waals surface area contributed by atoms with Crippen molar-refractivity contribution in [2.75, 3.05) is 11.9 Å². The number of anilines is 1. The third-order valence-corrected chi connectivity index (χ3v) is 5.54. The van der Waals surface area contributed by atoms with Gasteiger partial charge in [-0.2, -0.15) is 5.10 Å². The van der Waals surface area contributed by atoms with E-state index in [9.17, 15) is 4.79 Å². The van der Waals surface area contributed by atoms with E-state index in [0.29, 0.717) is 22.3 Å². The van der Waals surface area contributed by atoms with Crippen molar-refractivity contribution in [3.8, 4) is 22.7 Å². The number of aromatic nitrogens is 2. The smallest absolute Gasteiger partial charge is 0.263 e. The number of nitrogens with zero attached hydrogens (tertiary/aromatic N) is 2. The van der Waals surface area contributed by atoms with Gasteiger partial charge in [0.05, 0.1) is 16.4 Å². The van der Waals surface area contributed by atoms with Crippen LogP contribution in [0, 0.1) is 0 Å². The molecule has 0 fully saturated rings. The Balaban J connectivity index is 1.53. The van der Waals surface area contributed by atoms with E-state index in [1.807, 2.05) is 78.9 Å². The standard InChI is InChI=1S/C27H26ClN3O2/c1-27(2,3)20-13-15-21(16-14-20)33-18-26(32)29-25-17-23(19-9-5-4-6-10-19)30-31(25)24-12-8-7-11-22(24)28/h4-17H,18H2,1-3H3,(H,29,32). The summed E-state index contributed by atoms with van der Waals surface area (Å²) in [6, 6.07) is 26.8. The van der Waals surface area contributed by atoms with Gasteiger partial charge in [0.25, 0.3) is 5.91 Å². The molecule has 1 N–H and O–H groups in total. The van der Waals surface area contributed by atoms with E-state index >= 15 is 0 Å². The van der Waals surface area contributed by atoms with E-state index in [1.54, 1.807) is 10.7 Å². The van der Waals surface area contributed by atoms with Crippen molar-refractivity contribution in [2.45, 2.75) is 26.2 Å². The Morgan fingerprint density at radius 1 is 0.970 bits per heavy atom. The van der Waals surface area contributed by atoms with Crippen LogP contribution in [-0.2, 0) is 10.2 Å². The van der Waals surface area contributed by atoms with Crippen LogP contribution < -0.4 is 10.1 Å². The highest BCUT2D eigenvalue weighted by Gasteiger charge is 2.16. The third kappa shape index (κ3) is 5.44. The Morgan fingerprint density at radius 3 is 2.30 bits per heavy atom. The first kappa shape index (κ1) is 22.6. The summed E-state index contributed by atoms with van der Waals surface area (Å²) in [5.74, 6) is 0.865. The maximum atomic E-state index is 12.7. The summed E-state index contributed by atoms with van der Waals surface area (Å²) < 4.78 is 7.34. The lowest BCUT2D eigenvalue weighted by Crippen LogP contribution is -2.22. The van der Waals surface area contributed by atoms with E-state index < -0.39 is 0 Å². The summed E-state index contributed by atoms with van der Waals surface area (Å²) >= 11 is 6.41. The first-order valence-electron chi connectivity index (χ1n) is 10.7. The van der Waals surface area contributed by atoms with Crippen LogP contribution in [-0.4, -0.2) is 22.3 Å². The summed E-state index contributed by atoms with van der Waals surface area (Å²) in [6.45, 7) is 6.34. The zero-order chi connectivity index (χ0) is 23.4. The fourth-order valence-corrected chi connectivity index (χ4v) is 3.62. The van der Waals surface area contributed by atoms with Gasteiger partial charge in [-0.05, 0) is 35.2 Å². The van der Waals surface area contributed by atoms with Gasteiger partial charge in [-0.15, -0.1) is 0 Å². The number of carbonyl (C=O) groups is 1. The van der Waals surface area contributed by atoms with Gasteiger partial charge < -0.3 is 10.1 Å². The largest absolute Gasteiger partial charge is 0.484 e. The fraction of sp³-hybridized carbons (Fsp3) is 0.185. The Bertz CT molecular complexity index is 1240. The van der Waals surface area contributed by atoms with E-state index in [2.05, 4.69) is 26.1 Å². The SMILES string of the molecule is CC(C)(C)c1ccc(OCC(=O)Nc2cc(-c3ccccc3)nn2-c2ccccc2Cl)cc1. The van der Waals surface area contributed by atoms with Crippen LogP contribution in [0.25, 0.3) is 16.9 Å². The Hall–Kier alpha value is -3.57. The maximum Gasteiger partial charge on any atom is 0.263 e. The zero-order valence-electron chi connectivity index (χ0n) is 18.9. The highest BCUT2D eigenvalue weighted by atomic mass is 35.5. The number of rotatable bonds is 6. The van der Waals surface area contributed by atoms with Crippen LogP contribution >= 0.6 is 11.6 Å². The summed E-state index contributed by atoms with van der Waals surface area (Å²) in [6.07, 6.45) is 0. The summed E-state index contributed by atoms with van der Waals surface area (Å²) in [5, 5.41) is 8.14. The van der Waals surface area contributed by atoms with Crippen molar-refractivity contribution in [3.05, 3.63) is 95.5 Å². The Kier molecular flexibility index (Phi) is 6.52. The summed E-state index contributed by atoms with van der Waals surface area (Å²) in [5.41, 5.74) is 3.61. The molecule has 168 valence electrons. The minimum atomic E-state index is -0.289. The minimum Gasteiger partial charge on any atom is -0.484 e. The van der Waals surface area contributed by atoms with E-state index in [4.69, 9.17) is 21.4 Å². The van der Waals surface area contributed by atoms with Crippen molar-refractivity contribution in [1.29, 1.82) is 0 Å². The molecule has 0 bridgehead atoms. The monoisotopic (exact) mass is 459 g/mol. The molecule has 3 aromatic carbocycles. The molecule has 33 heavy (non-hydrogen) atoms. The van der Waals surface area contributed by atoms with E-state index in [1.165, 1.54) is 5.56 Å². The van der Waals surface area contributed by atoms with Crippen LogP contribution in [0.5, 0.6) is 5.75 Å². The second-order valence-electron chi connectivity index (χ2n) is 8.76. The van der Waals surface area contributed by atoms with Gasteiger partial charge in [-0.3, -0.25) is 4.79 Å². The molecular formula is C27H26ClN3O2. The minimum absolute atomic E-state index is 0.0590. The van der Waals surface area contributed by atoms with Gasteiger partial charge in [0.1, 0.15) is 11.6 Å². The number of amides is 1. The Labute approximate surface area is 199 Å². The lowest BCUT2D eigenvalue weighted by molar-refractivity contribution is -0.118. The van der Waals surface area contributed by atoms with Gasteiger partial charge in [-0.1, -0.05) is 87.0 Å². The normalized spacial score (nSPS) is 11.3. The van der Waals surface area contributed by atoms with Crippen molar-refractivity contribution in [3.63, 3.8) is 0 Å². The molecule has 0 radical (unpaired) electrons. The number of hydrogen-bond acceptors (Lipinski definition) is 3. The summed E-state index contributed by atoms with van der Waals surface area (Å²) in [4.78, 5) is 12.7. The van der Waals surface area contributed by atoms with Gasteiger partial charge in [0.2, 0.25) is 0 Å². The third-order valence-electron chi connectivity index (χ3n) is 5.22. The topological polar surface area (TPSA) is 56.1 Å². The molecule has 0 atom stereocenters. The van der Waals surface area contributed by atoms with Crippen molar-refractivity contribution >= 4 is 23.3 Å². The first-order chi connectivity index (χ1) is 15.8. The second kappa shape index (κ2) is 9.51. The number of ether oxygens (including phenoxy) is 1. The molecule has 4 aromatic rings. The fourth-order valence-electron chi connectivity index (χ4n) is 3.41. The van der Waals surface area contributed by atoms with Crippen LogP contribution in [0.15, 0.2) is 84.9 Å². The van der Waals surface area contributed by atoms with Crippen molar-refractivity contribution in [1.82, 2.24) is 9.78 Å². The van der Waals surface area contributed by atoms with Gasteiger partial charge in [-0.25, -0.2) is 4.68 Å². The number of para-hydroxylation sites is 1. The van der Waals surface area contributed by atoms with E-state index in [0.717, 1.165) is 11.3 Å². The molecule has 1 aromatic heterocycles. The molecule has 0 saturated heterocycles. The number of halogens is 1. The molecule has 0 aliphatic heterocycles. The lowest BCUT2D eigenvalue weighted by atomic mass is 9.87. The predicted molar refractivity (Wildman–Crippen MR) is 133 cm³/mol. The molecule has 0 spiro atoms. The lowest BCUT2D eigenvalue weighted by Gasteiger charge is -2.19. The Morgan fingerprint density at radius 2 is 1.64 bits per heavy atom. The molecule has 6 heteroatoms. The van der Waals surface area contributed by atoms with Crippen molar-refractivity contribution in [2.24, 2.45) is 0 Å². The first-order valence-corrected chi connectivity index (χ1v) is 11.1. The van der Waals surface area contributed by atoms with Crippen LogP contribution in [0.1, 0.15) is 26.3 Å². The van der Waals surface area contributed by atoms with Gasteiger partial charge in [0.15, 0.2) is 6.61 Å². The van der Waals surface area contributed by atoms with E-state index in [-0.39, 0.29) is 17.9 Å². The second-order valence-corrected chi connectivity index (χ2v) is 9.16. The highest BCUT2D eigenvalue weighted by molar-refractivity contribution is 6.32. The summed E-state index contributed by atoms with van der Waals surface area (Å²) in [7, 11) is 0. The van der Waals surface area contributed by atoms with Crippen LogP contribution in [0.4, 0.5) is 5.82 Å². The van der Waals surface area contributed by atoms with Crippen molar-refractivity contribution < 1.29 is 9.53 Å². The quantitative estimate of drug-likeness (QED) is 0.357. The highest BCUT2D eigenvalue weighted by Crippen LogP contribution is 2.28. The molecule has 0 unspecified atom stereocenters. The molecule has 0 aliphatic carbocycles. The number of carbonyl (C=O) groups excluding carboxylic acids is 1. The molecular weight excluding hydrogens is 434 g/mol. The molecule has 0 saturated carbocycles. The molecule has 5 nitrogen and oxygen atoms in total. The zero-order valence-corrected chi connectivity index (χ0v) is 19.6. The predicted octanol–water partition coefficient (Wildman–Crippen LogP) is 6.51. The molecule has 1 amide bonds. The molecule has 0 aliphatic rings. The van der Waals surface area contributed by atoms with Gasteiger partial charge in [0, 0.05) is 11.6 Å². The number of nitrogens with one attached hydrogen (secondary N) is 1. The van der Waals surface area contributed by atoms with Gasteiger partial charge >= 0.3 is 0 Å². The molecule has 4 rings (SSSR count). The number of hydrogen-bond donors (Lipinski definition) is 1. The average Bonchev–Trinajstić information content (AvgIpc) is 3.22. The van der Waals surface area contributed by atoms with Crippen LogP contribution in [0.3, 0.4) is 0 Å².